The molecule has 0 heterocycles. The Balaban J connectivity index is 2.03. The lowest BCUT2D eigenvalue weighted by molar-refractivity contribution is 0.0400. The lowest BCUT2D eigenvalue weighted by Gasteiger charge is -2.19. The molecule has 2 rings (SSSR count). The Labute approximate surface area is 119 Å². The lowest BCUT2D eigenvalue weighted by atomic mass is 10.1. The fraction of sp³-hybridized carbons (Fsp3) is 0.294. The van der Waals surface area contributed by atoms with Gasteiger partial charge in [-0.25, -0.2) is 4.39 Å². The highest BCUT2D eigenvalue weighted by Crippen LogP contribution is 2.19. The molecule has 0 aliphatic rings. The summed E-state index contributed by atoms with van der Waals surface area (Å²) < 4.78 is 19.3. The van der Waals surface area contributed by atoms with E-state index >= 15 is 0 Å². The number of likely N-dealkylation sites (N-methyl/N-ethyl adjacent to an activating group) is 1. The van der Waals surface area contributed by atoms with Crippen LogP contribution in [0.2, 0.25) is 0 Å². The van der Waals surface area contributed by atoms with E-state index < -0.39 is 0 Å². The molecule has 0 fully saturated rings. The molecule has 0 spiro atoms. The topological polar surface area (TPSA) is 21.3 Å². The molecule has 0 aromatic heterocycles. The van der Waals surface area contributed by atoms with Crippen molar-refractivity contribution in [1.29, 1.82) is 0 Å². The van der Waals surface area contributed by atoms with E-state index in [9.17, 15) is 4.39 Å². The Hall–Kier alpha value is -1.71. The van der Waals surface area contributed by atoms with Gasteiger partial charge in [0.15, 0.2) is 0 Å². The number of hydrogen-bond donors (Lipinski definition) is 1. The molecule has 2 aromatic rings. The minimum Gasteiger partial charge on any atom is -0.368 e. The standard InChI is InChI=1S/C17H20FNO/c1-2-19-12-17(15-9-6-10-16(18)11-15)20-13-14-7-4-3-5-8-14/h3-11,17,19H,2,12-13H2,1H3. The minimum atomic E-state index is -0.229. The molecular formula is C17H20FNO. The third-order valence-electron chi connectivity index (χ3n) is 3.09. The van der Waals surface area contributed by atoms with Crippen LogP contribution in [-0.2, 0) is 11.3 Å². The molecule has 3 heteroatoms. The van der Waals surface area contributed by atoms with Crippen LogP contribution in [0.4, 0.5) is 4.39 Å². The average molecular weight is 273 g/mol. The van der Waals surface area contributed by atoms with Crippen molar-refractivity contribution in [2.75, 3.05) is 13.1 Å². The van der Waals surface area contributed by atoms with E-state index in [1.54, 1.807) is 6.07 Å². The molecule has 0 radical (unpaired) electrons. The molecule has 2 nitrogen and oxygen atoms in total. The summed E-state index contributed by atoms with van der Waals surface area (Å²) in [5, 5.41) is 3.26. The van der Waals surface area contributed by atoms with Crippen molar-refractivity contribution in [1.82, 2.24) is 5.32 Å². The first-order chi connectivity index (χ1) is 9.79. The first-order valence-electron chi connectivity index (χ1n) is 6.91. The molecular weight excluding hydrogens is 253 g/mol. The fourth-order valence-corrected chi connectivity index (χ4v) is 2.03. The van der Waals surface area contributed by atoms with Gasteiger partial charge in [0.05, 0.1) is 12.7 Å². The molecule has 0 saturated carbocycles. The summed E-state index contributed by atoms with van der Waals surface area (Å²) in [6.45, 7) is 4.10. The van der Waals surface area contributed by atoms with Crippen molar-refractivity contribution in [3.05, 3.63) is 71.5 Å². The molecule has 106 valence electrons. The lowest BCUT2D eigenvalue weighted by Crippen LogP contribution is -2.23. The first kappa shape index (κ1) is 14.7. The Morgan fingerprint density at radius 3 is 2.60 bits per heavy atom. The van der Waals surface area contributed by atoms with Crippen LogP contribution in [0.15, 0.2) is 54.6 Å². The molecule has 1 N–H and O–H groups in total. The molecule has 0 saturated heterocycles. The van der Waals surface area contributed by atoms with Gasteiger partial charge in [-0.15, -0.1) is 0 Å². The van der Waals surface area contributed by atoms with E-state index in [0.29, 0.717) is 13.2 Å². The van der Waals surface area contributed by atoms with Crippen molar-refractivity contribution < 1.29 is 9.13 Å². The molecule has 0 aliphatic heterocycles. The van der Waals surface area contributed by atoms with Gasteiger partial charge in [0.2, 0.25) is 0 Å². The SMILES string of the molecule is CCNCC(OCc1ccccc1)c1cccc(F)c1. The van der Waals surface area contributed by atoms with Gasteiger partial charge >= 0.3 is 0 Å². The number of hydrogen-bond acceptors (Lipinski definition) is 2. The Morgan fingerprint density at radius 1 is 1.10 bits per heavy atom. The summed E-state index contributed by atoms with van der Waals surface area (Å²) in [6.07, 6.45) is -0.147. The summed E-state index contributed by atoms with van der Waals surface area (Å²) in [4.78, 5) is 0. The molecule has 0 amide bonds. The van der Waals surface area contributed by atoms with Crippen molar-refractivity contribution in [2.45, 2.75) is 19.6 Å². The zero-order valence-corrected chi connectivity index (χ0v) is 11.7. The van der Waals surface area contributed by atoms with Gasteiger partial charge in [-0.3, -0.25) is 0 Å². The Bertz CT molecular complexity index is 515. The summed E-state index contributed by atoms with van der Waals surface area (Å²) in [7, 11) is 0. The third-order valence-corrected chi connectivity index (χ3v) is 3.09. The summed E-state index contributed by atoms with van der Waals surface area (Å²) in [6, 6.07) is 16.6. The van der Waals surface area contributed by atoms with E-state index in [0.717, 1.165) is 17.7 Å². The van der Waals surface area contributed by atoms with Gasteiger partial charge in [0.1, 0.15) is 5.82 Å². The van der Waals surface area contributed by atoms with Crippen LogP contribution in [0.5, 0.6) is 0 Å². The van der Waals surface area contributed by atoms with E-state index in [1.165, 1.54) is 12.1 Å². The van der Waals surface area contributed by atoms with Crippen LogP contribution in [0.1, 0.15) is 24.2 Å². The second-order valence-electron chi connectivity index (χ2n) is 4.65. The second-order valence-corrected chi connectivity index (χ2v) is 4.65. The molecule has 2 aromatic carbocycles. The number of ether oxygens (including phenoxy) is 1. The van der Waals surface area contributed by atoms with Crippen LogP contribution in [0.3, 0.4) is 0 Å². The molecule has 20 heavy (non-hydrogen) atoms. The zero-order chi connectivity index (χ0) is 14.2. The van der Waals surface area contributed by atoms with Crippen molar-refractivity contribution in [2.24, 2.45) is 0 Å². The molecule has 1 unspecified atom stereocenters. The predicted octanol–water partition coefficient (Wildman–Crippen LogP) is 3.69. The quantitative estimate of drug-likeness (QED) is 0.830. The zero-order valence-electron chi connectivity index (χ0n) is 11.7. The average Bonchev–Trinajstić information content (AvgIpc) is 2.48. The highest BCUT2D eigenvalue weighted by atomic mass is 19.1. The Morgan fingerprint density at radius 2 is 1.90 bits per heavy atom. The monoisotopic (exact) mass is 273 g/mol. The normalized spacial score (nSPS) is 12.3. The smallest absolute Gasteiger partial charge is 0.123 e. The van der Waals surface area contributed by atoms with E-state index in [2.05, 4.69) is 5.32 Å². The summed E-state index contributed by atoms with van der Waals surface area (Å²) in [5.41, 5.74) is 1.98. The number of halogens is 1. The van der Waals surface area contributed by atoms with Crippen LogP contribution in [-0.4, -0.2) is 13.1 Å². The number of nitrogens with one attached hydrogen (secondary N) is 1. The maximum atomic E-state index is 13.3. The maximum absolute atomic E-state index is 13.3. The summed E-state index contributed by atoms with van der Waals surface area (Å²) in [5.74, 6) is -0.229. The third kappa shape index (κ3) is 4.44. The maximum Gasteiger partial charge on any atom is 0.123 e. The van der Waals surface area contributed by atoms with Crippen molar-refractivity contribution >= 4 is 0 Å². The summed E-state index contributed by atoms with van der Waals surface area (Å²) >= 11 is 0. The highest BCUT2D eigenvalue weighted by Gasteiger charge is 2.12. The van der Waals surface area contributed by atoms with Crippen LogP contribution in [0.25, 0.3) is 0 Å². The van der Waals surface area contributed by atoms with E-state index in [1.807, 2.05) is 43.3 Å². The fourth-order valence-electron chi connectivity index (χ4n) is 2.03. The van der Waals surface area contributed by atoms with Gasteiger partial charge in [-0.05, 0) is 29.8 Å². The highest BCUT2D eigenvalue weighted by molar-refractivity contribution is 5.20. The van der Waals surface area contributed by atoms with Crippen LogP contribution >= 0.6 is 0 Å². The second kappa shape index (κ2) is 7.78. The molecule has 0 bridgehead atoms. The van der Waals surface area contributed by atoms with Crippen molar-refractivity contribution in [3.8, 4) is 0 Å². The van der Waals surface area contributed by atoms with Gasteiger partial charge in [0.25, 0.3) is 0 Å². The number of rotatable bonds is 7. The van der Waals surface area contributed by atoms with Gasteiger partial charge < -0.3 is 10.1 Å². The molecule has 1 atom stereocenters. The van der Waals surface area contributed by atoms with Crippen molar-refractivity contribution in [3.63, 3.8) is 0 Å². The molecule has 0 aliphatic carbocycles. The van der Waals surface area contributed by atoms with Crippen LogP contribution < -0.4 is 5.32 Å². The van der Waals surface area contributed by atoms with E-state index in [4.69, 9.17) is 4.74 Å². The van der Waals surface area contributed by atoms with Gasteiger partial charge in [-0.2, -0.15) is 0 Å². The van der Waals surface area contributed by atoms with Crippen LogP contribution in [0, 0.1) is 5.82 Å². The minimum absolute atomic E-state index is 0.147. The van der Waals surface area contributed by atoms with Gasteiger partial charge in [0, 0.05) is 6.54 Å². The van der Waals surface area contributed by atoms with E-state index in [-0.39, 0.29) is 11.9 Å². The Kier molecular flexibility index (Phi) is 5.71. The largest absolute Gasteiger partial charge is 0.368 e. The van der Waals surface area contributed by atoms with Gasteiger partial charge in [-0.1, -0.05) is 49.4 Å². The number of benzene rings is 2. The first-order valence-corrected chi connectivity index (χ1v) is 6.91. The predicted molar refractivity (Wildman–Crippen MR) is 78.9 cm³/mol.